The number of cyclic esters (lactones) is 1. The molecule has 0 amide bonds. The topological polar surface area (TPSA) is 268 Å². The van der Waals surface area contributed by atoms with Gasteiger partial charge in [-0.05, 0) is 136 Å². The van der Waals surface area contributed by atoms with Crippen molar-refractivity contribution in [1.82, 2.24) is 29.9 Å². The molecule has 1 aromatic carbocycles. The predicted octanol–water partition coefficient (Wildman–Crippen LogP) is 7.23. The van der Waals surface area contributed by atoms with Crippen molar-refractivity contribution in [1.29, 1.82) is 0 Å². The number of hydrogen-bond donors (Lipinski definition) is 4. The van der Waals surface area contributed by atoms with Gasteiger partial charge in [-0.1, -0.05) is 87.5 Å². The summed E-state index contributed by atoms with van der Waals surface area (Å²) in [6, 6.07) is 8.84. The van der Waals surface area contributed by atoms with Crippen molar-refractivity contribution >= 4 is 30.3 Å². The van der Waals surface area contributed by atoms with E-state index < -0.39 is 128 Å². The van der Waals surface area contributed by atoms with E-state index in [0.717, 1.165) is 12.0 Å². The standard InChI is InChI=1S/C65H108N6O17SSi/c1-41-35-47-36-55(88-90(14,15)64(6,7)8)84-51(37-53(73)79-42(2)25-18-16-21-29-50(41)83-54-32-31-49(66-10)43(3)80-54)61(78-13)60(47)87-63-58(74)57(70(11)12)59(44(4)82-63)86-56-38-65(9,75)62(45(5)81-56)85-52(72)30-24-28-48-40-71(69-68-48)33-22-23-34-89(76,77)67-39-46-26-19-17-20-27-46/h16-21,26-27,29,40-45,47,49-51,54-63,66-67,74-75H,22-25,28,30-39H2,1-15H3/b18-16+,29-21+/t41-,42-,43-,44-,45+,47-,49+,50+,51-,54+,55?,56+,57-,58-,59-,60+,61+,62+,63+,65-/m1/s1. The van der Waals surface area contributed by atoms with E-state index in [1.54, 1.807) is 31.8 Å². The van der Waals surface area contributed by atoms with Gasteiger partial charge >= 0.3 is 11.9 Å². The molecule has 4 fully saturated rings. The number of esters is 2. The number of rotatable bonds is 24. The number of aromatic nitrogens is 3. The van der Waals surface area contributed by atoms with Crippen LogP contribution in [0.3, 0.4) is 0 Å². The van der Waals surface area contributed by atoms with Crippen molar-refractivity contribution in [3.8, 4) is 0 Å². The van der Waals surface area contributed by atoms with Crippen LogP contribution in [0.5, 0.6) is 0 Å². The Kier molecular flexibility index (Phi) is 27.2. The van der Waals surface area contributed by atoms with Crippen LogP contribution in [0.15, 0.2) is 60.8 Å². The Bertz CT molecular complexity index is 2720. The molecule has 5 aliphatic heterocycles. The van der Waals surface area contributed by atoms with Crippen LogP contribution in [-0.4, -0.2) is 203 Å². The summed E-state index contributed by atoms with van der Waals surface area (Å²) in [6.07, 6.45) is 2.89. The molecule has 4 saturated heterocycles. The van der Waals surface area contributed by atoms with Crippen molar-refractivity contribution in [2.24, 2.45) is 11.8 Å². The fourth-order valence-electron chi connectivity index (χ4n) is 12.7. The fourth-order valence-corrected chi connectivity index (χ4v) is 15.0. The minimum atomic E-state index is -3.43. The van der Waals surface area contributed by atoms with Crippen molar-refractivity contribution in [2.75, 3.05) is 34.0 Å². The maximum atomic E-state index is 14.0. The highest BCUT2D eigenvalue weighted by Crippen LogP contribution is 2.44. The van der Waals surface area contributed by atoms with E-state index in [-0.39, 0.29) is 60.6 Å². The maximum Gasteiger partial charge on any atom is 0.308 e. The average Bonchev–Trinajstić information content (AvgIpc) is 1.10. The largest absolute Gasteiger partial charge is 0.462 e. The molecule has 7 rings (SSSR count). The molecule has 0 aliphatic carbocycles. The molecular formula is C65H108N6O17SSi. The highest BCUT2D eigenvalue weighted by Gasteiger charge is 2.54. The third-order valence-electron chi connectivity index (χ3n) is 18.8. The Hall–Kier alpha value is -3.61. The van der Waals surface area contributed by atoms with Gasteiger partial charge in [0.05, 0.1) is 60.5 Å². The second-order valence-corrected chi connectivity index (χ2v) is 34.2. The van der Waals surface area contributed by atoms with E-state index in [1.807, 2.05) is 88.5 Å². The van der Waals surface area contributed by atoms with Gasteiger partial charge in [0.15, 0.2) is 33.3 Å². The van der Waals surface area contributed by atoms with E-state index in [9.17, 15) is 28.2 Å². The molecule has 1 aromatic heterocycles. The number of aliphatic hydroxyl groups excluding tert-OH is 1. The summed E-state index contributed by atoms with van der Waals surface area (Å²) in [5.74, 6) is -1.48. The first-order chi connectivity index (χ1) is 42.5. The van der Waals surface area contributed by atoms with Gasteiger partial charge in [-0.3, -0.25) is 14.3 Å². The van der Waals surface area contributed by atoms with E-state index in [1.165, 1.54) is 0 Å². The number of aryl methyl sites for hydroxylation is 2. The Morgan fingerprint density at radius 3 is 2.31 bits per heavy atom. The number of nitrogens with zero attached hydrogens (tertiary/aromatic N) is 4. The Morgan fingerprint density at radius 1 is 0.900 bits per heavy atom. The smallest absolute Gasteiger partial charge is 0.308 e. The molecule has 25 heteroatoms. The van der Waals surface area contributed by atoms with Crippen LogP contribution in [-0.2, 0) is 90.9 Å². The van der Waals surface area contributed by atoms with Gasteiger partial charge in [0.1, 0.15) is 36.3 Å². The molecule has 23 nitrogen and oxygen atoms in total. The van der Waals surface area contributed by atoms with Crippen molar-refractivity contribution in [3.05, 3.63) is 72.1 Å². The SMILES string of the molecule is CN[C@H]1CC[C@H](O[C@H]2/C=C/C=C/C[C@@H](C)OC(=O)C[C@H]3OC(O[Si](C)(C)C(C)(C)C)C[C@@H](C[C@H]2C)[C@H](O[C@@H]2O[C@H](C)[C@@H](O[C@H]4C[C@@](C)(O)[C@@H](OC(=O)CCCc5cn(CCCCS(=O)(=O)NCc6ccccc6)nn5)[C@H](C)O4)[C@H](N(C)C)[C@H]2O)[C@H]3OC)O[C@@H]1C. The molecule has 0 radical (unpaired) electrons. The molecule has 6 heterocycles. The Morgan fingerprint density at radius 2 is 1.63 bits per heavy atom. The number of benzene rings is 1. The summed E-state index contributed by atoms with van der Waals surface area (Å²) >= 11 is 0. The zero-order valence-corrected chi connectivity index (χ0v) is 57.9. The van der Waals surface area contributed by atoms with E-state index in [0.29, 0.717) is 63.6 Å². The number of allylic oxidation sites excluding steroid dienone is 2. The van der Waals surface area contributed by atoms with Crippen LogP contribution in [0.2, 0.25) is 18.1 Å². The molecule has 1 unspecified atom stereocenters. The number of hydrogen-bond acceptors (Lipinski definition) is 21. The highest BCUT2D eigenvalue weighted by molar-refractivity contribution is 7.89. The highest BCUT2D eigenvalue weighted by atomic mass is 32.2. The number of ether oxygens (including phenoxy) is 10. The van der Waals surface area contributed by atoms with E-state index in [2.05, 4.69) is 74.1 Å². The van der Waals surface area contributed by atoms with Crippen LogP contribution in [0.4, 0.5) is 0 Å². The lowest BCUT2D eigenvalue weighted by Gasteiger charge is -2.50. The van der Waals surface area contributed by atoms with E-state index in [4.69, 9.17) is 51.8 Å². The van der Waals surface area contributed by atoms with Crippen LogP contribution < -0.4 is 10.0 Å². The number of carbonyl (C=O) groups excluding carboxylic acids is 2. The first-order valence-electron chi connectivity index (χ1n) is 32.6. The number of nitrogens with one attached hydrogen (secondary N) is 2. The first kappa shape index (κ1) is 73.8. The van der Waals surface area contributed by atoms with E-state index >= 15 is 0 Å². The predicted molar refractivity (Wildman–Crippen MR) is 340 cm³/mol. The summed E-state index contributed by atoms with van der Waals surface area (Å²) < 4.78 is 102. The number of likely N-dealkylation sites (N-methyl/N-ethyl adjacent to an activating group) is 2. The number of carbonyl (C=O) groups is 2. The number of unbranched alkanes of at least 4 members (excludes halogenated alkanes) is 1. The monoisotopic (exact) mass is 1300 g/mol. The molecule has 90 heavy (non-hydrogen) atoms. The molecule has 20 atom stereocenters. The lowest BCUT2D eigenvalue weighted by atomic mass is 9.82. The lowest BCUT2D eigenvalue weighted by molar-refractivity contribution is -0.343. The average molecular weight is 1310 g/mol. The fraction of sp³-hybridized carbons (Fsp3) is 0.785. The molecule has 2 aromatic rings. The first-order valence-corrected chi connectivity index (χ1v) is 37.2. The van der Waals surface area contributed by atoms with Crippen molar-refractivity contribution < 1.29 is 80.0 Å². The van der Waals surface area contributed by atoms with Crippen LogP contribution in [0, 0.1) is 11.8 Å². The van der Waals surface area contributed by atoms with Gasteiger partial charge < -0.3 is 72.2 Å². The molecule has 0 spiro atoms. The quantitative estimate of drug-likeness (QED) is 0.0458. The third kappa shape index (κ3) is 20.9. The second-order valence-electron chi connectivity index (χ2n) is 27.5. The summed E-state index contributed by atoms with van der Waals surface area (Å²) in [7, 11) is 1.25. The minimum absolute atomic E-state index is 0.0000720. The van der Waals surface area contributed by atoms with Gasteiger partial charge in [-0.25, -0.2) is 13.1 Å². The molecule has 4 N–H and O–H groups in total. The van der Waals surface area contributed by atoms with Gasteiger partial charge in [-0.2, -0.15) is 0 Å². The second kappa shape index (κ2) is 33.2. The van der Waals surface area contributed by atoms with Gasteiger partial charge in [-0.15, -0.1) is 5.10 Å². The minimum Gasteiger partial charge on any atom is -0.462 e. The Labute approximate surface area is 536 Å². The zero-order valence-electron chi connectivity index (χ0n) is 56.1. The Balaban J connectivity index is 1.01. The van der Waals surface area contributed by atoms with Gasteiger partial charge in [0, 0.05) is 58.1 Å². The van der Waals surface area contributed by atoms with Crippen molar-refractivity contribution in [3.63, 3.8) is 0 Å². The van der Waals surface area contributed by atoms with Gasteiger partial charge in [0.2, 0.25) is 10.0 Å². The number of methoxy groups -OCH3 is 1. The molecule has 5 aliphatic rings. The normalized spacial score (nSPS) is 36.0. The molecular weight excluding hydrogens is 1200 g/mol. The van der Waals surface area contributed by atoms with Crippen LogP contribution in [0.1, 0.15) is 144 Å². The number of sulfonamides is 1. The molecule has 0 saturated carbocycles. The summed E-state index contributed by atoms with van der Waals surface area (Å²) in [6.45, 7) is 22.8. The number of aliphatic hydroxyl groups is 2. The molecule has 510 valence electrons. The summed E-state index contributed by atoms with van der Waals surface area (Å²) in [5.41, 5.74) is -0.00137. The summed E-state index contributed by atoms with van der Waals surface area (Å²) in [4.78, 5) is 29.2. The lowest BCUT2D eigenvalue weighted by Crippen LogP contribution is -2.65. The number of fused-ring (bicyclic) bond motifs is 3. The zero-order chi connectivity index (χ0) is 65.7. The van der Waals surface area contributed by atoms with Gasteiger partial charge in [0.25, 0.3) is 0 Å². The van der Waals surface area contributed by atoms with Crippen LogP contribution >= 0.6 is 0 Å². The third-order valence-corrected chi connectivity index (χ3v) is 24.6. The molecule has 2 bridgehead atoms. The summed E-state index contributed by atoms with van der Waals surface area (Å²) in [5, 5.41) is 36.3. The van der Waals surface area contributed by atoms with Crippen molar-refractivity contribution in [2.45, 2.75) is 281 Å². The maximum absolute atomic E-state index is 14.0. The van der Waals surface area contributed by atoms with Crippen LogP contribution in [0.25, 0.3) is 0 Å².